The van der Waals surface area contributed by atoms with Crippen LogP contribution in [0.25, 0.3) is 0 Å². The van der Waals surface area contributed by atoms with Gasteiger partial charge >= 0.3 is 75.4 Å². The summed E-state index contributed by atoms with van der Waals surface area (Å²) in [6.07, 6.45) is 0. The van der Waals surface area contributed by atoms with Crippen LogP contribution in [0, 0.1) is 0 Å². The zero-order chi connectivity index (χ0) is 0. The van der Waals surface area contributed by atoms with Crippen molar-refractivity contribution in [3.05, 3.63) is 0 Å². The van der Waals surface area contributed by atoms with Crippen LogP contribution < -0.4 is 6.15 Å². The number of hydrogen-bond acceptors (Lipinski definition) is 1. The second-order valence-corrected chi connectivity index (χ2v) is 0. The van der Waals surface area contributed by atoms with Crippen molar-refractivity contribution in [1.82, 2.24) is 6.15 Å². The molecule has 0 aliphatic rings. The molecular formula is H7Li4N. The van der Waals surface area contributed by atoms with E-state index in [9.17, 15) is 0 Å². The summed E-state index contributed by atoms with van der Waals surface area (Å²) >= 11 is 0. The Hall–Kier alpha value is 2.35. The van der Waals surface area contributed by atoms with Crippen LogP contribution in [0.1, 0.15) is 0 Å². The van der Waals surface area contributed by atoms with Crippen LogP contribution in [0.4, 0.5) is 0 Å². The molecule has 0 saturated heterocycles. The van der Waals surface area contributed by atoms with E-state index in [4.69, 9.17) is 0 Å². The first-order valence-corrected chi connectivity index (χ1v) is 0. The molecule has 0 rings (SSSR count). The maximum atomic E-state index is 0. The Morgan fingerprint density at radius 1 is 0.400 bits per heavy atom. The van der Waals surface area contributed by atoms with E-state index < -0.39 is 0 Å². The van der Waals surface area contributed by atoms with Crippen molar-refractivity contribution >= 4 is 75.4 Å². The zero-order valence-corrected chi connectivity index (χ0v) is 0.707. The van der Waals surface area contributed by atoms with Gasteiger partial charge < -0.3 is 6.15 Å². The monoisotopic (exact) mass is 49.1 g/mol. The van der Waals surface area contributed by atoms with Crippen LogP contribution in [0.5, 0.6) is 0 Å². The van der Waals surface area contributed by atoms with Gasteiger partial charge in [-0.05, 0) is 0 Å². The molecule has 0 aliphatic carbocycles. The molecule has 0 spiro atoms. The summed E-state index contributed by atoms with van der Waals surface area (Å²) in [4.78, 5) is 0. The minimum atomic E-state index is 0. The summed E-state index contributed by atoms with van der Waals surface area (Å²) in [6.45, 7) is 0. The van der Waals surface area contributed by atoms with Gasteiger partial charge in [0.1, 0.15) is 0 Å². The molecule has 1 nitrogen and oxygen atoms in total. The standard InChI is InChI=1S/4Li.H3N.4H/h;;;;1H3;;;;. The topological polar surface area (TPSA) is 35.0 Å². The molecule has 3 N–H and O–H groups in total. The Balaban J connectivity index is 0. The SMILES string of the molecule is N.[LiH].[LiH].[LiH].[LiH]. The van der Waals surface area contributed by atoms with Crippen LogP contribution in [-0.4, -0.2) is 75.4 Å². The molecule has 0 bridgehead atoms. The second-order valence-electron chi connectivity index (χ2n) is 0. The molecule has 0 radical (unpaired) electrons. The van der Waals surface area contributed by atoms with E-state index in [1.165, 1.54) is 0 Å². The molecule has 0 aromatic carbocycles. The summed E-state index contributed by atoms with van der Waals surface area (Å²) in [5, 5.41) is 0. The molecule has 0 atom stereocenters. The normalized spacial score (nSPS) is 0. The van der Waals surface area contributed by atoms with Gasteiger partial charge in [-0.1, -0.05) is 0 Å². The van der Waals surface area contributed by atoms with Gasteiger partial charge in [0.25, 0.3) is 0 Å². The minimum absolute atomic E-state index is 0. The fraction of sp³-hybridized carbons (Fsp3) is 0. The van der Waals surface area contributed by atoms with Crippen molar-refractivity contribution in [1.29, 1.82) is 0 Å². The summed E-state index contributed by atoms with van der Waals surface area (Å²) in [5.41, 5.74) is 0. The number of rotatable bonds is 0. The van der Waals surface area contributed by atoms with E-state index >= 15 is 0 Å². The van der Waals surface area contributed by atoms with Crippen LogP contribution in [0.2, 0.25) is 0 Å². The Labute approximate surface area is 80.7 Å². The van der Waals surface area contributed by atoms with Crippen LogP contribution in [-0.2, 0) is 0 Å². The van der Waals surface area contributed by atoms with Gasteiger partial charge in [-0.3, -0.25) is 0 Å². The van der Waals surface area contributed by atoms with Crippen molar-refractivity contribution in [3.8, 4) is 0 Å². The molecule has 0 aliphatic heterocycles. The first kappa shape index (κ1) is 53.7. The summed E-state index contributed by atoms with van der Waals surface area (Å²) < 4.78 is 0. The zero-order valence-electron chi connectivity index (χ0n) is 0.707. The van der Waals surface area contributed by atoms with Crippen molar-refractivity contribution in [2.24, 2.45) is 0 Å². The number of hydrogen-bond donors (Lipinski definition) is 1. The fourth-order valence-corrected chi connectivity index (χ4v) is 0. The van der Waals surface area contributed by atoms with Crippen LogP contribution in [0.15, 0.2) is 0 Å². The molecule has 0 saturated carbocycles. The predicted molar refractivity (Wildman–Crippen MR) is 33.6 cm³/mol. The van der Waals surface area contributed by atoms with E-state index in [1.807, 2.05) is 0 Å². The Bertz CT molecular complexity index is 3.61. The maximum absolute atomic E-state index is 0. The van der Waals surface area contributed by atoms with Gasteiger partial charge in [0.2, 0.25) is 0 Å². The van der Waals surface area contributed by atoms with E-state index in [0.29, 0.717) is 0 Å². The van der Waals surface area contributed by atoms with Gasteiger partial charge in [0, 0.05) is 0 Å². The summed E-state index contributed by atoms with van der Waals surface area (Å²) in [7, 11) is 0. The molecule has 16 valence electrons. The van der Waals surface area contributed by atoms with Gasteiger partial charge in [0.05, 0.1) is 0 Å². The first-order valence-electron chi connectivity index (χ1n) is 0. The average molecular weight is 48.8 g/mol. The second kappa shape index (κ2) is 32.9. The Kier molecular flexibility index (Phi) is 353. The summed E-state index contributed by atoms with van der Waals surface area (Å²) in [5.74, 6) is 0. The molecule has 0 aromatic rings. The van der Waals surface area contributed by atoms with Gasteiger partial charge in [0.15, 0.2) is 0 Å². The van der Waals surface area contributed by atoms with Crippen LogP contribution in [0.3, 0.4) is 0 Å². The molecule has 0 unspecified atom stereocenters. The van der Waals surface area contributed by atoms with Crippen molar-refractivity contribution in [3.63, 3.8) is 0 Å². The van der Waals surface area contributed by atoms with Crippen molar-refractivity contribution in [2.75, 3.05) is 0 Å². The third-order valence-electron chi connectivity index (χ3n) is 0. The molecule has 0 fully saturated rings. The van der Waals surface area contributed by atoms with Gasteiger partial charge in [-0.15, -0.1) is 0 Å². The van der Waals surface area contributed by atoms with Crippen molar-refractivity contribution < 1.29 is 0 Å². The molecule has 5 heteroatoms. The van der Waals surface area contributed by atoms with E-state index in [-0.39, 0.29) is 81.6 Å². The third-order valence-corrected chi connectivity index (χ3v) is 0. The fourth-order valence-electron chi connectivity index (χ4n) is 0. The Morgan fingerprint density at radius 3 is 0.400 bits per heavy atom. The van der Waals surface area contributed by atoms with E-state index in [0.717, 1.165) is 0 Å². The van der Waals surface area contributed by atoms with E-state index in [2.05, 4.69) is 0 Å². The molecule has 0 aromatic heterocycles. The first-order chi connectivity index (χ1) is 0. The molecule has 0 amide bonds. The quantitative estimate of drug-likeness (QED) is 0.304. The third kappa shape index (κ3) is 21.8. The van der Waals surface area contributed by atoms with Crippen molar-refractivity contribution in [2.45, 2.75) is 0 Å². The van der Waals surface area contributed by atoms with E-state index in [1.54, 1.807) is 0 Å². The van der Waals surface area contributed by atoms with Gasteiger partial charge in [-0.2, -0.15) is 0 Å². The van der Waals surface area contributed by atoms with Gasteiger partial charge in [-0.25, -0.2) is 0 Å². The molecular weight excluding hydrogens is 41.8 g/mol. The predicted octanol–water partition coefficient (Wildman–Crippen LogP) is -2.43. The Morgan fingerprint density at radius 2 is 0.400 bits per heavy atom. The van der Waals surface area contributed by atoms with Crippen LogP contribution >= 0.6 is 0 Å². The summed E-state index contributed by atoms with van der Waals surface area (Å²) in [6, 6.07) is 0. The molecule has 5 heavy (non-hydrogen) atoms. The average Bonchev–Trinajstić information content (AvgIpc) is 0. The molecule has 0 heterocycles.